The second-order valence-corrected chi connectivity index (χ2v) is 6.81. The highest BCUT2D eigenvalue weighted by Gasteiger charge is 2.33. The maximum absolute atomic E-state index is 12.2. The van der Waals surface area contributed by atoms with E-state index in [0.717, 1.165) is 32.1 Å². The Morgan fingerprint density at radius 2 is 2.11 bits per heavy atom. The van der Waals surface area contributed by atoms with Crippen molar-refractivity contribution >= 4 is 17.7 Å². The van der Waals surface area contributed by atoms with Gasteiger partial charge in [-0.2, -0.15) is 0 Å². The van der Waals surface area contributed by atoms with Crippen LogP contribution in [0.2, 0.25) is 0 Å². The quantitative estimate of drug-likeness (QED) is 0.890. The molecule has 1 aliphatic heterocycles. The number of fused-ring (bicyclic) bond motifs is 1. The molecule has 1 aromatic carbocycles. The molecule has 0 radical (unpaired) electrons. The zero-order valence-corrected chi connectivity index (χ0v) is 11.7. The summed E-state index contributed by atoms with van der Waals surface area (Å²) in [6, 6.07) is 8.17. The Morgan fingerprint density at radius 3 is 2.84 bits per heavy atom. The summed E-state index contributed by atoms with van der Waals surface area (Å²) in [5.74, 6) is 0.0570. The maximum Gasteiger partial charge on any atom is 0.233 e. The van der Waals surface area contributed by atoms with E-state index in [1.165, 1.54) is 10.5 Å². The van der Waals surface area contributed by atoms with Crippen molar-refractivity contribution in [1.82, 2.24) is 5.32 Å². The summed E-state index contributed by atoms with van der Waals surface area (Å²) in [6.45, 7) is 0.402. The van der Waals surface area contributed by atoms with E-state index >= 15 is 0 Å². The highest BCUT2D eigenvalue weighted by molar-refractivity contribution is 8.01. The standard InChI is InChI=1S/C15H19NO2S/c17-14(16-10-15(18)7-3-4-8-15)13-9-11-5-1-2-6-12(11)19-13/h1-2,5-6,13,18H,3-4,7-10H2,(H,16,17). The van der Waals surface area contributed by atoms with Crippen LogP contribution >= 0.6 is 11.8 Å². The molecule has 3 nitrogen and oxygen atoms in total. The van der Waals surface area contributed by atoms with Crippen molar-refractivity contribution < 1.29 is 9.90 Å². The molecular formula is C15H19NO2S. The first-order valence-corrected chi connectivity index (χ1v) is 7.79. The largest absolute Gasteiger partial charge is 0.388 e. The molecule has 1 saturated carbocycles. The monoisotopic (exact) mass is 277 g/mol. The van der Waals surface area contributed by atoms with Crippen LogP contribution in [0.25, 0.3) is 0 Å². The number of thioether (sulfide) groups is 1. The third-order valence-electron chi connectivity index (χ3n) is 4.07. The van der Waals surface area contributed by atoms with Gasteiger partial charge in [-0.25, -0.2) is 0 Å². The number of carbonyl (C=O) groups is 1. The Hall–Kier alpha value is -1.00. The lowest BCUT2D eigenvalue weighted by Crippen LogP contribution is -2.43. The Kier molecular flexibility index (Phi) is 3.54. The van der Waals surface area contributed by atoms with Gasteiger partial charge < -0.3 is 10.4 Å². The van der Waals surface area contributed by atoms with Crippen molar-refractivity contribution in [2.75, 3.05) is 6.54 Å². The molecule has 4 heteroatoms. The fourth-order valence-electron chi connectivity index (χ4n) is 2.90. The van der Waals surface area contributed by atoms with E-state index in [-0.39, 0.29) is 11.2 Å². The van der Waals surface area contributed by atoms with Crippen LogP contribution in [0.1, 0.15) is 31.2 Å². The van der Waals surface area contributed by atoms with Crippen molar-refractivity contribution in [3.05, 3.63) is 29.8 Å². The summed E-state index contributed by atoms with van der Waals surface area (Å²) in [7, 11) is 0. The van der Waals surface area contributed by atoms with Crippen LogP contribution in [0.5, 0.6) is 0 Å². The molecule has 1 heterocycles. The minimum Gasteiger partial charge on any atom is -0.388 e. The maximum atomic E-state index is 12.2. The summed E-state index contributed by atoms with van der Waals surface area (Å²) in [4.78, 5) is 13.4. The Labute approximate surface area is 117 Å². The lowest BCUT2D eigenvalue weighted by atomic mass is 10.0. The van der Waals surface area contributed by atoms with Gasteiger partial charge in [-0.3, -0.25) is 4.79 Å². The van der Waals surface area contributed by atoms with E-state index in [0.29, 0.717) is 6.54 Å². The van der Waals surface area contributed by atoms with E-state index in [9.17, 15) is 9.90 Å². The van der Waals surface area contributed by atoms with Gasteiger partial charge in [0.2, 0.25) is 5.91 Å². The van der Waals surface area contributed by atoms with Crippen LogP contribution in [0.3, 0.4) is 0 Å². The van der Waals surface area contributed by atoms with Gasteiger partial charge >= 0.3 is 0 Å². The highest BCUT2D eigenvalue weighted by Crippen LogP contribution is 2.37. The normalized spacial score (nSPS) is 24.2. The molecule has 1 amide bonds. The number of hydrogen-bond acceptors (Lipinski definition) is 3. The van der Waals surface area contributed by atoms with E-state index in [1.807, 2.05) is 12.1 Å². The fourth-order valence-corrected chi connectivity index (χ4v) is 4.12. The first-order chi connectivity index (χ1) is 9.16. The first kappa shape index (κ1) is 13.0. The van der Waals surface area contributed by atoms with Crippen LogP contribution < -0.4 is 5.32 Å². The van der Waals surface area contributed by atoms with E-state index in [4.69, 9.17) is 0 Å². The molecule has 0 bridgehead atoms. The molecule has 3 rings (SSSR count). The Morgan fingerprint density at radius 1 is 1.37 bits per heavy atom. The van der Waals surface area contributed by atoms with E-state index < -0.39 is 5.60 Å². The van der Waals surface area contributed by atoms with Crippen molar-refractivity contribution in [1.29, 1.82) is 0 Å². The molecule has 0 spiro atoms. The molecule has 1 atom stereocenters. The molecule has 1 aliphatic carbocycles. The van der Waals surface area contributed by atoms with E-state index in [2.05, 4.69) is 17.4 Å². The number of nitrogens with one attached hydrogen (secondary N) is 1. The molecule has 1 unspecified atom stereocenters. The predicted octanol–water partition coefficient (Wildman–Crippen LogP) is 2.12. The fraction of sp³-hybridized carbons (Fsp3) is 0.533. The molecule has 1 aromatic rings. The van der Waals surface area contributed by atoms with Gasteiger partial charge in [0.05, 0.1) is 10.9 Å². The molecule has 2 aliphatic rings. The van der Waals surface area contributed by atoms with Crippen molar-refractivity contribution in [3.8, 4) is 0 Å². The van der Waals surface area contributed by atoms with Crippen molar-refractivity contribution in [2.24, 2.45) is 0 Å². The van der Waals surface area contributed by atoms with Crippen LogP contribution in [0, 0.1) is 0 Å². The van der Waals surface area contributed by atoms with Crippen LogP contribution in [0.4, 0.5) is 0 Å². The molecule has 0 saturated heterocycles. The highest BCUT2D eigenvalue weighted by atomic mass is 32.2. The molecule has 19 heavy (non-hydrogen) atoms. The molecule has 2 N–H and O–H groups in total. The smallest absolute Gasteiger partial charge is 0.233 e. The zero-order valence-electron chi connectivity index (χ0n) is 10.9. The number of benzene rings is 1. The lowest BCUT2D eigenvalue weighted by molar-refractivity contribution is -0.121. The topological polar surface area (TPSA) is 49.3 Å². The van der Waals surface area contributed by atoms with Crippen molar-refractivity contribution in [2.45, 2.75) is 47.9 Å². The summed E-state index contributed by atoms with van der Waals surface area (Å²) in [5.41, 5.74) is 0.596. The first-order valence-electron chi connectivity index (χ1n) is 6.91. The zero-order chi connectivity index (χ0) is 13.3. The molecule has 0 aromatic heterocycles. The molecular weight excluding hydrogens is 258 g/mol. The summed E-state index contributed by atoms with van der Waals surface area (Å²) in [6.07, 6.45) is 4.55. The van der Waals surface area contributed by atoms with Gasteiger partial charge in [0, 0.05) is 11.4 Å². The van der Waals surface area contributed by atoms with Gasteiger partial charge in [-0.15, -0.1) is 11.8 Å². The second-order valence-electron chi connectivity index (χ2n) is 5.57. The van der Waals surface area contributed by atoms with Gasteiger partial charge in [0.15, 0.2) is 0 Å². The van der Waals surface area contributed by atoms with Crippen molar-refractivity contribution in [3.63, 3.8) is 0 Å². The molecule has 102 valence electrons. The minimum atomic E-state index is -0.661. The summed E-state index contributed by atoms with van der Waals surface area (Å²) >= 11 is 1.63. The van der Waals surface area contributed by atoms with Crippen LogP contribution in [0.15, 0.2) is 29.2 Å². The van der Waals surface area contributed by atoms with Gasteiger partial charge in [-0.1, -0.05) is 31.0 Å². The number of aliphatic hydroxyl groups is 1. The Bertz CT molecular complexity index is 458. The number of amides is 1. The third-order valence-corrected chi connectivity index (χ3v) is 5.38. The third kappa shape index (κ3) is 2.79. The molecule has 1 fully saturated rings. The lowest BCUT2D eigenvalue weighted by Gasteiger charge is -2.23. The SMILES string of the molecule is O=C(NCC1(O)CCCC1)C1Cc2ccccc2S1. The van der Waals surface area contributed by atoms with Gasteiger partial charge in [0.25, 0.3) is 0 Å². The predicted molar refractivity (Wildman–Crippen MR) is 76.2 cm³/mol. The average molecular weight is 277 g/mol. The second kappa shape index (κ2) is 5.17. The Balaban J connectivity index is 1.55. The van der Waals surface area contributed by atoms with Crippen LogP contribution in [-0.2, 0) is 11.2 Å². The van der Waals surface area contributed by atoms with Gasteiger partial charge in [-0.05, 0) is 30.9 Å². The van der Waals surface area contributed by atoms with Gasteiger partial charge in [0.1, 0.15) is 0 Å². The number of rotatable bonds is 3. The van der Waals surface area contributed by atoms with Crippen LogP contribution in [-0.4, -0.2) is 28.4 Å². The minimum absolute atomic E-state index is 0.0394. The van der Waals surface area contributed by atoms with E-state index in [1.54, 1.807) is 11.8 Å². The number of carbonyl (C=O) groups excluding carboxylic acids is 1. The summed E-state index contributed by atoms with van der Waals surface area (Å²) in [5, 5.41) is 13.1. The average Bonchev–Trinajstić information content (AvgIpc) is 3.02. The number of hydrogen-bond donors (Lipinski definition) is 2. The summed E-state index contributed by atoms with van der Waals surface area (Å²) < 4.78 is 0.